The zero-order chi connectivity index (χ0) is 12.0. The maximum atomic E-state index is 11.6. The molecule has 0 aliphatic heterocycles. The Morgan fingerprint density at radius 3 is 2.50 bits per heavy atom. The second kappa shape index (κ2) is 5.66. The number of nitrogens with zero attached hydrogens (tertiary/aromatic N) is 1. The molecule has 0 saturated heterocycles. The molecular weight excluding hydrogens is 225 g/mol. The summed E-state index contributed by atoms with van der Waals surface area (Å²) in [5, 5.41) is 0. The van der Waals surface area contributed by atoms with Gasteiger partial charge in [0.15, 0.2) is 0 Å². The number of hydrogen-bond acceptors (Lipinski definition) is 4. The predicted octanol–water partition coefficient (Wildman–Crippen LogP) is 1.46. The van der Waals surface area contributed by atoms with E-state index in [1.54, 1.807) is 6.07 Å². The van der Waals surface area contributed by atoms with Crippen molar-refractivity contribution in [2.75, 3.05) is 13.2 Å². The van der Waals surface area contributed by atoms with E-state index in [-0.39, 0.29) is 12.5 Å². The standard InChI is InChI=1S/C9H11F3N2O2/c10-9(11,12)16-4-3-15-8-2-1-7(5-13)6-14-8/h1-2,6H,3-5,13H2. The Kier molecular flexibility index (Phi) is 4.51. The highest BCUT2D eigenvalue weighted by Crippen LogP contribution is 2.15. The van der Waals surface area contributed by atoms with Crippen molar-refractivity contribution in [2.45, 2.75) is 12.9 Å². The molecule has 0 fully saturated rings. The maximum Gasteiger partial charge on any atom is 0.522 e. The third-order valence-electron chi connectivity index (χ3n) is 1.63. The van der Waals surface area contributed by atoms with Crippen molar-refractivity contribution >= 4 is 0 Å². The van der Waals surface area contributed by atoms with Gasteiger partial charge in [0.05, 0.1) is 6.61 Å². The van der Waals surface area contributed by atoms with Gasteiger partial charge in [0, 0.05) is 18.8 Å². The topological polar surface area (TPSA) is 57.4 Å². The summed E-state index contributed by atoms with van der Waals surface area (Å²) in [6.07, 6.45) is -3.12. The van der Waals surface area contributed by atoms with Crippen LogP contribution >= 0.6 is 0 Å². The lowest BCUT2D eigenvalue weighted by Gasteiger charge is -2.08. The van der Waals surface area contributed by atoms with Crippen LogP contribution in [0.4, 0.5) is 13.2 Å². The monoisotopic (exact) mass is 236 g/mol. The fourth-order valence-corrected chi connectivity index (χ4v) is 0.921. The van der Waals surface area contributed by atoms with Crippen LogP contribution < -0.4 is 10.5 Å². The first-order chi connectivity index (χ1) is 7.51. The Balaban J connectivity index is 2.27. The Morgan fingerprint density at radius 2 is 2.00 bits per heavy atom. The number of nitrogens with two attached hydrogens (primary N) is 1. The number of ether oxygens (including phenoxy) is 2. The predicted molar refractivity (Wildman–Crippen MR) is 49.6 cm³/mol. The molecule has 1 rings (SSSR count). The number of halogens is 3. The van der Waals surface area contributed by atoms with E-state index >= 15 is 0 Å². The molecule has 0 radical (unpaired) electrons. The summed E-state index contributed by atoms with van der Waals surface area (Å²) in [5.74, 6) is 0.239. The first kappa shape index (κ1) is 12.7. The minimum atomic E-state index is -4.62. The van der Waals surface area contributed by atoms with Gasteiger partial charge in [0.1, 0.15) is 6.61 Å². The van der Waals surface area contributed by atoms with E-state index in [1.165, 1.54) is 12.3 Å². The van der Waals surface area contributed by atoms with E-state index in [4.69, 9.17) is 10.5 Å². The molecule has 90 valence electrons. The van der Waals surface area contributed by atoms with Crippen LogP contribution in [0, 0.1) is 0 Å². The average molecular weight is 236 g/mol. The van der Waals surface area contributed by atoms with Gasteiger partial charge >= 0.3 is 6.36 Å². The molecule has 1 aromatic heterocycles. The molecule has 0 amide bonds. The summed E-state index contributed by atoms with van der Waals surface area (Å²) in [4.78, 5) is 3.84. The summed E-state index contributed by atoms with van der Waals surface area (Å²) in [6, 6.07) is 3.22. The number of rotatable bonds is 5. The Bertz CT molecular complexity index is 314. The molecular formula is C9H11F3N2O2. The molecule has 1 heterocycles. The third kappa shape index (κ3) is 4.94. The highest BCUT2D eigenvalue weighted by Gasteiger charge is 2.28. The van der Waals surface area contributed by atoms with E-state index in [9.17, 15) is 13.2 Å². The van der Waals surface area contributed by atoms with E-state index in [0.29, 0.717) is 6.54 Å². The Hall–Kier alpha value is -1.34. The van der Waals surface area contributed by atoms with Crippen molar-refractivity contribution in [3.05, 3.63) is 23.9 Å². The van der Waals surface area contributed by atoms with E-state index < -0.39 is 13.0 Å². The van der Waals surface area contributed by atoms with E-state index in [0.717, 1.165) is 5.56 Å². The largest absolute Gasteiger partial charge is 0.522 e. The van der Waals surface area contributed by atoms with Crippen LogP contribution in [0.5, 0.6) is 5.88 Å². The zero-order valence-electron chi connectivity index (χ0n) is 8.33. The summed E-state index contributed by atoms with van der Waals surface area (Å²) in [6.45, 7) is -0.428. The van der Waals surface area contributed by atoms with Gasteiger partial charge in [-0.2, -0.15) is 0 Å². The number of hydrogen-bond donors (Lipinski definition) is 1. The molecule has 0 unspecified atom stereocenters. The summed E-state index contributed by atoms with van der Waals surface area (Å²) < 4.78 is 43.2. The number of pyridine rings is 1. The minimum absolute atomic E-state index is 0.214. The van der Waals surface area contributed by atoms with Crippen LogP contribution in [-0.4, -0.2) is 24.6 Å². The van der Waals surface area contributed by atoms with Crippen LogP contribution in [0.15, 0.2) is 18.3 Å². The smallest absolute Gasteiger partial charge is 0.475 e. The Labute approximate surface area is 90.2 Å². The van der Waals surface area contributed by atoms with Crippen molar-refractivity contribution in [1.29, 1.82) is 0 Å². The molecule has 4 nitrogen and oxygen atoms in total. The molecule has 0 aromatic carbocycles. The van der Waals surface area contributed by atoms with Crippen LogP contribution in [0.25, 0.3) is 0 Å². The van der Waals surface area contributed by atoms with Crippen LogP contribution in [0.2, 0.25) is 0 Å². The van der Waals surface area contributed by atoms with Gasteiger partial charge in [-0.3, -0.25) is 4.74 Å². The molecule has 0 atom stereocenters. The van der Waals surface area contributed by atoms with Gasteiger partial charge in [-0.1, -0.05) is 6.07 Å². The Morgan fingerprint density at radius 1 is 1.25 bits per heavy atom. The molecule has 2 N–H and O–H groups in total. The van der Waals surface area contributed by atoms with Gasteiger partial charge in [-0.25, -0.2) is 4.98 Å². The molecule has 16 heavy (non-hydrogen) atoms. The quantitative estimate of drug-likeness (QED) is 0.786. The second-order valence-corrected chi connectivity index (χ2v) is 2.85. The van der Waals surface area contributed by atoms with Crippen LogP contribution in [0.3, 0.4) is 0 Å². The molecule has 0 spiro atoms. The molecule has 7 heteroatoms. The summed E-state index contributed by atoms with van der Waals surface area (Å²) in [7, 11) is 0. The normalized spacial score (nSPS) is 11.5. The molecule has 0 aliphatic carbocycles. The molecule has 0 bridgehead atoms. The molecule has 1 aromatic rings. The van der Waals surface area contributed by atoms with Gasteiger partial charge in [-0.05, 0) is 5.56 Å². The lowest BCUT2D eigenvalue weighted by Crippen LogP contribution is -2.18. The van der Waals surface area contributed by atoms with Crippen LogP contribution in [0.1, 0.15) is 5.56 Å². The van der Waals surface area contributed by atoms with Crippen molar-refractivity contribution in [3.8, 4) is 5.88 Å². The first-order valence-corrected chi connectivity index (χ1v) is 4.50. The van der Waals surface area contributed by atoms with Gasteiger partial charge in [-0.15, -0.1) is 13.2 Å². The highest BCUT2D eigenvalue weighted by molar-refractivity contribution is 5.17. The SMILES string of the molecule is NCc1ccc(OCCOC(F)(F)F)nc1. The summed E-state index contributed by atoms with van der Waals surface area (Å²) >= 11 is 0. The number of alkyl halides is 3. The minimum Gasteiger partial charge on any atom is -0.475 e. The van der Waals surface area contributed by atoms with Crippen molar-refractivity contribution in [2.24, 2.45) is 5.73 Å². The lowest BCUT2D eigenvalue weighted by molar-refractivity contribution is -0.325. The van der Waals surface area contributed by atoms with Crippen molar-refractivity contribution < 1.29 is 22.6 Å². The fourth-order valence-electron chi connectivity index (χ4n) is 0.921. The fraction of sp³-hybridized carbons (Fsp3) is 0.444. The summed E-state index contributed by atoms with van der Waals surface area (Å²) in [5.41, 5.74) is 6.16. The second-order valence-electron chi connectivity index (χ2n) is 2.85. The van der Waals surface area contributed by atoms with Gasteiger partial charge in [0.25, 0.3) is 0 Å². The molecule has 0 saturated carbocycles. The van der Waals surface area contributed by atoms with Gasteiger partial charge < -0.3 is 10.5 Å². The van der Waals surface area contributed by atoms with Crippen molar-refractivity contribution in [1.82, 2.24) is 4.98 Å². The van der Waals surface area contributed by atoms with Crippen LogP contribution in [-0.2, 0) is 11.3 Å². The zero-order valence-corrected chi connectivity index (χ0v) is 8.33. The van der Waals surface area contributed by atoms with Gasteiger partial charge in [0.2, 0.25) is 5.88 Å². The van der Waals surface area contributed by atoms with E-state index in [1.807, 2.05) is 0 Å². The average Bonchev–Trinajstić information content (AvgIpc) is 2.24. The third-order valence-corrected chi connectivity index (χ3v) is 1.63. The highest BCUT2D eigenvalue weighted by atomic mass is 19.4. The van der Waals surface area contributed by atoms with Crippen molar-refractivity contribution in [3.63, 3.8) is 0 Å². The first-order valence-electron chi connectivity index (χ1n) is 4.50. The lowest BCUT2D eigenvalue weighted by atomic mass is 10.3. The molecule has 0 aliphatic rings. The number of aromatic nitrogens is 1. The van der Waals surface area contributed by atoms with E-state index in [2.05, 4.69) is 9.72 Å². The maximum absolute atomic E-state index is 11.6.